The van der Waals surface area contributed by atoms with Crippen molar-refractivity contribution >= 4 is 22.7 Å². The van der Waals surface area contributed by atoms with Crippen molar-refractivity contribution in [3.63, 3.8) is 0 Å². The van der Waals surface area contributed by atoms with Gasteiger partial charge in [-0.2, -0.15) is 0 Å². The summed E-state index contributed by atoms with van der Waals surface area (Å²) in [6, 6.07) is 18.8. The summed E-state index contributed by atoms with van der Waals surface area (Å²) in [6.45, 7) is 0.376. The molecule has 0 radical (unpaired) electrons. The van der Waals surface area contributed by atoms with Crippen LogP contribution in [0.1, 0.15) is 44.7 Å². The van der Waals surface area contributed by atoms with E-state index in [1.165, 1.54) is 0 Å². The second kappa shape index (κ2) is 10.9. The first-order chi connectivity index (χ1) is 18.1. The molecule has 1 aliphatic heterocycles. The van der Waals surface area contributed by atoms with Crippen molar-refractivity contribution in [1.29, 1.82) is 0 Å². The normalized spacial score (nSPS) is 13.8. The van der Waals surface area contributed by atoms with E-state index >= 15 is 0 Å². The second-order valence-corrected chi connectivity index (χ2v) is 9.39. The first-order valence-corrected chi connectivity index (χ1v) is 12.7. The molecule has 2 amide bonds. The standard InChI is InChI=1S/C30H31N3O4/c1-31-29(35)20-11-9-19(10-12-20)22-14-21-6-4-5-13-37-28(21)26(16-22)30(36)33-24(18-34)15-23-17-32-27-8-3-2-7-25(23)27/h2-3,7-12,14,16-17,24,32,34H,4-6,13,15,18H2,1H3,(H,31,35)(H,33,36)/t24-/m1/s1. The van der Waals surface area contributed by atoms with Crippen molar-refractivity contribution in [3.8, 4) is 16.9 Å². The van der Waals surface area contributed by atoms with Gasteiger partial charge in [0.25, 0.3) is 11.8 Å². The molecule has 0 saturated heterocycles. The van der Waals surface area contributed by atoms with Gasteiger partial charge in [-0.1, -0.05) is 30.3 Å². The summed E-state index contributed by atoms with van der Waals surface area (Å²) in [4.78, 5) is 28.8. The maximum absolute atomic E-state index is 13.6. The Bertz CT molecular complexity index is 1420. The maximum Gasteiger partial charge on any atom is 0.255 e. The van der Waals surface area contributed by atoms with Crippen LogP contribution in [0.15, 0.2) is 66.9 Å². The van der Waals surface area contributed by atoms with E-state index in [0.29, 0.717) is 29.9 Å². The molecule has 4 N–H and O–H groups in total. The summed E-state index contributed by atoms with van der Waals surface area (Å²) in [5, 5.41) is 16.9. The van der Waals surface area contributed by atoms with E-state index in [1.54, 1.807) is 19.2 Å². The quantitative estimate of drug-likeness (QED) is 0.307. The van der Waals surface area contributed by atoms with Crippen LogP contribution in [0, 0.1) is 0 Å². The third-order valence-corrected chi connectivity index (χ3v) is 6.90. The van der Waals surface area contributed by atoms with Crippen molar-refractivity contribution in [2.45, 2.75) is 31.7 Å². The van der Waals surface area contributed by atoms with Crippen LogP contribution in [0.2, 0.25) is 0 Å². The number of carbonyl (C=O) groups is 2. The molecule has 37 heavy (non-hydrogen) atoms. The predicted octanol–water partition coefficient (Wildman–Crippen LogP) is 4.24. The lowest BCUT2D eigenvalue weighted by atomic mass is 9.95. The zero-order valence-corrected chi connectivity index (χ0v) is 20.8. The van der Waals surface area contributed by atoms with Crippen LogP contribution in [0.4, 0.5) is 0 Å². The number of hydrogen-bond acceptors (Lipinski definition) is 4. The highest BCUT2D eigenvalue weighted by Crippen LogP contribution is 2.34. The summed E-state index contributed by atoms with van der Waals surface area (Å²) in [6.07, 6.45) is 5.14. The fraction of sp³-hybridized carbons (Fsp3) is 0.267. The predicted molar refractivity (Wildman–Crippen MR) is 144 cm³/mol. The van der Waals surface area contributed by atoms with Crippen molar-refractivity contribution in [2.75, 3.05) is 20.3 Å². The molecular formula is C30H31N3O4. The molecule has 1 atom stereocenters. The summed E-state index contributed by atoms with van der Waals surface area (Å²) >= 11 is 0. The average Bonchev–Trinajstić information content (AvgIpc) is 3.18. The summed E-state index contributed by atoms with van der Waals surface area (Å²) in [5.74, 6) is 0.192. The molecule has 0 spiro atoms. The number of fused-ring (bicyclic) bond motifs is 2. The van der Waals surface area contributed by atoms with Gasteiger partial charge in [-0.3, -0.25) is 9.59 Å². The number of H-pyrrole nitrogens is 1. The Morgan fingerprint density at radius 2 is 1.84 bits per heavy atom. The third-order valence-electron chi connectivity index (χ3n) is 6.90. The van der Waals surface area contributed by atoms with E-state index in [-0.39, 0.29) is 18.4 Å². The number of aryl methyl sites for hydroxylation is 1. The number of ether oxygens (including phenoxy) is 1. The Hall–Kier alpha value is -4.10. The number of para-hydroxylation sites is 1. The largest absolute Gasteiger partial charge is 0.492 e. The molecule has 4 aromatic rings. The number of amides is 2. The molecule has 0 fully saturated rings. The van der Waals surface area contributed by atoms with Gasteiger partial charge in [0.2, 0.25) is 0 Å². The van der Waals surface area contributed by atoms with Gasteiger partial charge in [-0.15, -0.1) is 0 Å². The third kappa shape index (κ3) is 5.22. The lowest BCUT2D eigenvalue weighted by molar-refractivity contribution is 0.0911. The number of carbonyl (C=O) groups excluding carboxylic acids is 2. The lowest BCUT2D eigenvalue weighted by Crippen LogP contribution is -2.39. The highest BCUT2D eigenvalue weighted by atomic mass is 16.5. The number of benzene rings is 3. The average molecular weight is 498 g/mol. The SMILES string of the molecule is CNC(=O)c1ccc(-c2cc3c(c(C(=O)N[C@@H](CO)Cc4c[nH]c5ccccc45)c2)OCCCC3)cc1. The molecule has 2 heterocycles. The maximum atomic E-state index is 13.6. The lowest BCUT2D eigenvalue weighted by Gasteiger charge is -2.19. The van der Waals surface area contributed by atoms with Gasteiger partial charge in [-0.05, 0) is 78.3 Å². The van der Waals surface area contributed by atoms with Crippen LogP contribution in [-0.4, -0.2) is 48.2 Å². The number of nitrogens with one attached hydrogen (secondary N) is 3. The molecule has 0 aliphatic carbocycles. The second-order valence-electron chi connectivity index (χ2n) is 9.39. The van der Waals surface area contributed by atoms with E-state index in [0.717, 1.165) is 52.4 Å². The van der Waals surface area contributed by atoms with Gasteiger partial charge in [0.1, 0.15) is 5.75 Å². The number of hydrogen-bond donors (Lipinski definition) is 4. The van der Waals surface area contributed by atoms with Gasteiger partial charge >= 0.3 is 0 Å². The Morgan fingerprint density at radius 3 is 2.62 bits per heavy atom. The first kappa shape index (κ1) is 24.6. The molecule has 0 unspecified atom stereocenters. The highest BCUT2D eigenvalue weighted by Gasteiger charge is 2.23. The fourth-order valence-corrected chi connectivity index (χ4v) is 4.92. The Balaban J connectivity index is 1.44. The number of aliphatic hydroxyl groups is 1. The summed E-state index contributed by atoms with van der Waals surface area (Å²) in [7, 11) is 1.60. The van der Waals surface area contributed by atoms with E-state index in [2.05, 4.69) is 21.7 Å². The van der Waals surface area contributed by atoms with Gasteiger partial charge < -0.3 is 25.5 Å². The summed E-state index contributed by atoms with van der Waals surface area (Å²) in [5.41, 5.74) is 5.88. The Labute approximate surface area is 215 Å². The first-order valence-electron chi connectivity index (χ1n) is 12.7. The Kier molecular flexibility index (Phi) is 7.23. The molecule has 1 aromatic heterocycles. The van der Waals surface area contributed by atoms with E-state index < -0.39 is 6.04 Å². The molecule has 0 bridgehead atoms. The fourth-order valence-electron chi connectivity index (χ4n) is 4.92. The smallest absolute Gasteiger partial charge is 0.255 e. The van der Waals surface area contributed by atoms with Crippen LogP contribution in [0.5, 0.6) is 5.75 Å². The van der Waals surface area contributed by atoms with Crippen LogP contribution < -0.4 is 15.4 Å². The van der Waals surface area contributed by atoms with Crippen molar-refractivity contribution in [1.82, 2.24) is 15.6 Å². The van der Waals surface area contributed by atoms with E-state index in [9.17, 15) is 14.7 Å². The highest BCUT2D eigenvalue weighted by molar-refractivity contribution is 5.99. The Morgan fingerprint density at radius 1 is 1.03 bits per heavy atom. The molecule has 0 saturated carbocycles. The number of rotatable bonds is 7. The van der Waals surface area contributed by atoms with Crippen LogP contribution in [0.3, 0.4) is 0 Å². The van der Waals surface area contributed by atoms with Crippen LogP contribution in [-0.2, 0) is 12.8 Å². The molecule has 5 rings (SSSR count). The minimum atomic E-state index is -0.455. The monoisotopic (exact) mass is 497 g/mol. The zero-order valence-electron chi connectivity index (χ0n) is 20.8. The van der Waals surface area contributed by atoms with Crippen molar-refractivity contribution < 1.29 is 19.4 Å². The van der Waals surface area contributed by atoms with Crippen molar-refractivity contribution in [3.05, 3.63) is 89.1 Å². The van der Waals surface area contributed by atoms with Gasteiger partial charge in [0.05, 0.1) is 24.8 Å². The summed E-state index contributed by atoms with van der Waals surface area (Å²) < 4.78 is 6.05. The molecule has 3 aromatic carbocycles. The van der Waals surface area contributed by atoms with Crippen molar-refractivity contribution in [2.24, 2.45) is 0 Å². The van der Waals surface area contributed by atoms with E-state index in [1.807, 2.05) is 48.7 Å². The number of aromatic nitrogens is 1. The van der Waals surface area contributed by atoms with Gasteiger partial charge in [0, 0.05) is 29.7 Å². The molecule has 7 nitrogen and oxygen atoms in total. The van der Waals surface area contributed by atoms with Crippen LogP contribution in [0.25, 0.3) is 22.0 Å². The zero-order chi connectivity index (χ0) is 25.8. The topological polar surface area (TPSA) is 103 Å². The van der Waals surface area contributed by atoms with E-state index in [4.69, 9.17) is 4.74 Å². The minimum absolute atomic E-state index is 0.146. The van der Waals surface area contributed by atoms with Gasteiger partial charge in [-0.25, -0.2) is 0 Å². The van der Waals surface area contributed by atoms with Crippen LogP contribution >= 0.6 is 0 Å². The molecule has 1 aliphatic rings. The molecule has 190 valence electrons. The number of aromatic amines is 1. The molecule has 7 heteroatoms. The minimum Gasteiger partial charge on any atom is -0.492 e. The van der Waals surface area contributed by atoms with Gasteiger partial charge in [0.15, 0.2) is 0 Å². The molecular weight excluding hydrogens is 466 g/mol. The number of aliphatic hydroxyl groups excluding tert-OH is 1.